The van der Waals surface area contributed by atoms with Crippen molar-refractivity contribution in [2.75, 3.05) is 85.3 Å². The van der Waals surface area contributed by atoms with Gasteiger partial charge in [-0.2, -0.15) is 0 Å². The molecule has 47 heavy (non-hydrogen) atoms. The molecular formula is C23H61O16Si8. The lowest BCUT2D eigenvalue weighted by molar-refractivity contribution is 0.123. The summed E-state index contributed by atoms with van der Waals surface area (Å²) in [7, 11) is -4.03. The molecule has 1 radical (unpaired) electrons. The minimum absolute atomic E-state index is 0.482. The lowest BCUT2D eigenvalue weighted by atomic mass is 10.9. The molecule has 16 nitrogen and oxygen atoms in total. The second kappa shape index (κ2) is 20.4. The van der Waals surface area contributed by atoms with Gasteiger partial charge < -0.3 is 69.6 Å². The van der Waals surface area contributed by atoms with Crippen molar-refractivity contribution in [3.05, 3.63) is 0 Å². The summed E-state index contributed by atoms with van der Waals surface area (Å²) in [6.45, 7) is 6.13. The lowest BCUT2D eigenvalue weighted by Crippen LogP contribution is -2.65. The Bertz CT molecular complexity index is 811. The van der Waals surface area contributed by atoms with Crippen LogP contribution < -0.4 is 0 Å². The van der Waals surface area contributed by atoms with Crippen molar-refractivity contribution in [2.24, 2.45) is 0 Å². The SMILES string of the molecule is CO[Si](CC[Si]1O[Si](C)(CC[Si](OC)(OC)OC)O[Si](C)(CC[Si](OC)(OC)OC)O[Si](C)(CC[Si](OC)(OC)OC)O1)(OC)OC. The van der Waals surface area contributed by atoms with Crippen LogP contribution in [0.1, 0.15) is 0 Å². The van der Waals surface area contributed by atoms with E-state index in [1.807, 2.05) is 19.6 Å². The second-order valence-corrected chi connectivity index (χ2v) is 36.5. The molecule has 1 saturated heterocycles. The van der Waals surface area contributed by atoms with Crippen LogP contribution in [0.4, 0.5) is 0 Å². The standard InChI is InChI=1S/C23H61O16Si8/c1-24-44(25-2,26-3)17-16-40-36-41(13,18-21-45(27-4,28-5)29-6)38-43(15,20-23-47(33-10,34-11)35-12)39-42(14,37-40)19-22-46(30-7,31-8)32-9/h16-23H2,1-15H3. The lowest BCUT2D eigenvalue weighted by Gasteiger charge is -2.48. The van der Waals surface area contributed by atoms with E-state index >= 15 is 0 Å². The molecule has 0 N–H and O–H groups in total. The first kappa shape index (κ1) is 46.1. The van der Waals surface area contributed by atoms with Gasteiger partial charge in [0, 0.05) is 109 Å². The Morgan fingerprint density at radius 3 is 0.872 bits per heavy atom. The highest BCUT2D eigenvalue weighted by atomic mass is 28.5. The largest absolute Gasteiger partial charge is 0.500 e. The van der Waals surface area contributed by atoms with Gasteiger partial charge in [-0.1, -0.05) is 0 Å². The maximum absolute atomic E-state index is 7.23. The molecule has 1 aliphatic heterocycles. The van der Waals surface area contributed by atoms with Crippen molar-refractivity contribution < 1.29 is 69.6 Å². The van der Waals surface area contributed by atoms with Crippen molar-refractivity contribution in [1.29, 1.82) is 0 Å². The van der Waals surface area contributed by atoms with Crippen molar-refractivity contribution >= 4 is 70.2 Å². The third kappa shape index (κ3) is 12.9. The first-order chi connectivity index (χ1) is 22.0. The number of hydrogen-bond donors (Lipinski definition) is 0. The van der Waals surface area contributed by atoms with Gasteiger partial charge in [0.25, 0.3) is 0 Å². The molecule has 0 aromatic heterocycles. The smallest absolute Gasteiger partial charge is 0.416 e. The fourth-order valence-electron chi connectivity index (χ4n) is 5.51. The first-order valence-electron chi connectivity index (χ1n) is 15.3. The summed E-state index contributed by atoms with van der Waals surface area (Å²) in [6.07, 6.45) is 0. The third-order valence-corrected chi connectivity index (χ3v) is 37.8. The van der Waals surface area contributed by atoms with Crippen LogP contribution >= 0.6 is 0 Å². The fourth-order valence-corrected chi connectivity index (χ4v) is 37.7. The van der Waals surface area contributed by atoms with E-state index in [-0.39, 0.29) is 0 Å². The van der Waals surface area contributed by atoms with Crippen molar-refractivity contribution in [1.82, 2.24) is 0 Å². The highest BCUT2D eigenvalue weighted by Gasteiger charge is 2.57. The van der Waals surface area contributed by atoms with Gasteiger partial charge in [0.05, 0.1) is 0 Å². The normalized spacial score (nSPS) is 25.6. The molecule has 1 heterocycles. The highest BCUT2D eigenvalue weighted by Crippen LogP contribution is 2.39. The van der Waals surface area contributed by atoms with Crippen LogP contribution in [-0.4, -0.2) is 156 Å². The van der Waals surface area contributed by atoms with Crippen LogP contribution in [0.25, 0.3) is 0 Å². The summed E-state index contributed by atoms with van der Waals surface area (Å²) in [5, 5.41) is 0. The average Bonchev–Trinajstić information content (AvgIpc) is 3.07. The number of hydrogen-bond acceptors (Lipinski definition) is 16. The summed E-state index contributed by atoms with van der Waals surface area (Å²) < 4.78 is 97.7. The van der Waals surface area contributed by atoms with Gasteiger partial charge in [-0.05, 0) is 43.8 Å². The van der Waals surface area contributed by atoms with Crippen molar-refractivity contribution in [3.63, 3.8) is 0 Å². The zero-order chi connectivity index (χ0) is 36.0. The van der Waals surface area contributed by atoms with Crippen molar-refractivity contribution in [3.8, 4) is 0 Å². The van der Waals surface area contributed by atoms with Crippen LogP contribution in [0.3, 0.4) is 0 Å². The summed E-state index contributed by atoms with van der Waals surface area (Å²) in [5.74, 6) is 0. The zero-order valence-electron chi connectivity index (χ0n) is 31.2. The fraction of sp³-hybridized carbons (Fsp3) is 1.00. The van der Waals surface area contributed by atoms with E-state index in [0.29, 0.717) is 48.4 Å². The molecule has 0 aromatic carbocycles. The minimum Gasteiger partial charge on any atom is -0.416 e. The molecule has 1 fully saturated rings. The summed E-state index contributed by atoms with van der Waals surface area (Å²) >= 11 is 0. The molecule has 0 spiro atoms. The van der Waals surface area contributed by atoms with Crippen molar-refractivity contribution in [2.45, 2.75) is 68.0 Å². The Morgan fingerprint density at radius 2 is 0.617 bits per heavy atom. The zero-order valence-corrected chi connectivity index (χ0v) is 39.2. The Balaban J connectivity index is 3.69. The second-order valence-electron chi connectivity index (χ2n) is 11.4. The van der Waals surface area contributed by atoms with Crippen LogP contribution in [0.2, 0.25) is 68.0 Å². The van der Waals surface area contributed by atoms with E-state index in [0.717, 1.165) is 0 Å². The van der Waals surface area contributed by atoms with Gasteiger partial charge in [0.2, 0.25) is 0 Å². The van der Waals surface area contributed by atoms with Gasteiger partial charge >= 0.3 is 70.2 Å². The van der Waals surface area contributed by atoms with E-state index in [1.54, 1.807) is 85.3 Å². The van der Waals surface area contributed by atoms with E-state index < -0.39 is 70.2 Å². The molecule has 1 aliphatic rings. The van der Waals surface area contributed by atoms with Gasteiger partial charge in [-0.3, -0.25) is 0 Å². The number of rotatable bonds is 24. The topological polar surface area (TPSA) is 148 Å². The molecule has 1 rings (SSSR count). The monoisotopic (exact) mass is 817 g/mol. The maximum atomic E-state index is 7.23. The minimum atomic E-state index is -3.11. The van der Waals surface area contributed by atoms with Gasteiger partial charge in [0.1, 0.15) is 0 Å². The molecule has 0 bridgehead atoms. The summed E-state index contributed by atoms with van der Waals surface area (Å²) in [4.78, 5) is 0. The summed E-state index contributed by atoms with van der Waals surface area (Å²) in [5.41, 5.74) is 0. The predicted molar refractivity (Wildman–Crippen MR) is 191 cm³/mol. The van der Waals surface area contributed by atoms with E-state index in [9.17, 15) is 0 Å². The van der Waals surface area contributed by atoms with E-state index in [2.05, 4.69) is 0 Å². The Labute approximate surface area is 292 Å². The van der Waals surface area contributed by atoms with E-state index in [4.69, 9.17) is 69.6 Å². The van der Waals surface area contributed by atoms with Gasteiger partial charge in [0.15, 0.2) is 0 Å². The van der Waals surface area contributed by atoms with E-state index in [1.165, 1.54) is 0 Å². The third-order valence-electron chi connectivity index (χ3n) is 8.55. The van der Waals surface area contributed by atoms with Crippen LogP contribution in [0, 0.1) is 0 Å². The Hall–Kier alpha value is 1.10. The average molecular weight is 818 g/mol. The molecule has 2 atom stereocenters. The summed E-state index contributed by atoms with van der Waals surface area (Å²) in [6, 6.07) is 4.00. The van der Waals surface area contributed by atoms with Crippen LogP contribution in [0.5, 0.6) is 0 Å². The molecular weight excluding hydrogens is 757 g/mol. The Kier molecular flexibility index (Phi) is 20.0. The van der Waals surface area contributed by atoms with Gasteiger partial charge in [-0.25, -0.2) is 0 Å². The molecule has 0 aromatic rings. The quantitative estimate of drug-likeness (QED) is 0.131. The van der Waals surface area contributed by atoms with Gasteiger partial charge in [-0.15, -0.1) is 0 Å². The Morgan fingerprint density at radius 1 is 0.383 bits per heavy atom. The molecule has 281 valence electrons. The molecule has 0 aliphatic carbocycles. The van der Waals surface area contributed by atoms with Crippen LogP contribution in [0.15, 0.2) is 0 Å². The molecule has 2 unspecified atom stereocenters. The highest BCUT2D eigenvalue weighted by molar-refractivity contribution is 6.91. The molecule has 0 amide bonds. The first-order valence-corrected chi connectivity index (χ1v) is 32.1. The van der Waals surface area contributed by atoms with Crippen LogP contribution in [-0.2, 0) is 69.6 Å². The maximum Gasteiger partial charge on any atom is 0.500 e. The molecule has 24 heteroatoms. The molecule has 0 saturated carbocycles. The predicted octanol–water partition coefficient (Wildman–Crippen LogP) is 3.28.